The maximum absolute atomic E-state index is 12.4. The zero-order valence-electron chi connectivity index (χ0n) is 14.0. The molecule has 0 heterocycles. The second-order valence-electron chi connectivity index (χ2n) is 6.15. The Kier molecular flexibility index (Phi) is 5.57. The minimum absolute atomic E-state index is 0.129. The third-order valence-corrected chi connectivity index (χ3v) is 6.69. The standard InChI is InChI=1S/C20H20BrNO2S/c1-15(19-8-4-6-16-5-2-3-7-20(16)19)22-13-14-25(23,24)18-11-9-17(21)10-12-18/h2-12,15,22H,13-14H2,1H3/p+1/t15-/m0/s1. The molecule has 1 atom stereocenters. The van der Waals surface area contributed by atoms with Gasteiger partial charge in [0.15, 0.2) is 9.84 Å². The lowest BCUT2D eigenvalue weighted by atomic mass is 10.00. The van der Waals surface area contributed by atoms with E-state index >= 15 is 0 Å². The van der Waals surface area contributed by atoms with Crippen molar-refractivity contribution in [3.8, 4) is 0 Å². The summed E-state index contributed by atoms with van der Waals surface area (Å²) in [6.07, 6.45) is 0. The van der Waals surface area contributed by atoms with Gasteiger partial charge in [-0.2, -0.15) is 0 Å². The van der Waals surface area contributed by atoms with Crippen LogP contribution in [0, 0.1) is 0 Å². The number of hydrogen-bond donors (Lipinski definition) is 1. The number of benzene rings is 3. The lowest BCUT2D eigenvalue weighted by molar-refractivity contribution is -0.688. The lowest BCUT2D eigenvalue weighted by Gasteiger charge is -2.14. The molecule has 0 bridgehead atoms. The van der Waals surface area contributed by atoms with Crippen molar-refractivity contribution in [1.29, 1.82) is 0 Å². The largest absolute Gasteiger partial charge is 0.339 e. The zero-order chi connectivity index (χ0) is 17.9. The molecule has 130 valence electrons. The Morgan fingerprint density at radius 1 is 0.960 bits per heavy atom. The summed E-state index contributed by atoms with van der Waals surface area (Å²) in [7, 11) is -3.25. The second-order valence-corrected chi connectivity index (χ2v) is 9.18. The zero-order valence-corrected chi connectivity index (χ0v) is 16.4. The summed E-state index contributed by atoms with van der Waals surface area (Å²) in [5.41, 5.74) is 1.24. The van der Waals surface area contributed by atoms with E-state index < -0.39 is 9.84 Å². The Morgan fingerprint density at radius 2 is 1.64 bits per heavy atom. The Labute approximate surface area is 157 Å². The molecular formula is C20H21BrNO2S+. The molecule has 2 N–H and O–H groups in total. The Balaban J connectivity index is 1.68. The summed E-state index contributed by atoms with van der Waals surface area (Å²) in [6.45, 7) is 2.65. The van der Waals surface area contributed by atoms with E-state index in [1.165, 1.54) is 16.3 Å². The monoisotopic (exact) mass is 418 g/mol. The fraction of sp³-hybridized carbons (Fsp3) is 0.200. The van der Waals surface area contributed by atoms with Crippen LogP contribution in [0.4, 0.5) is 0 Å². The molecular weight excluding hydrogens is 398 g/mol. The van der Waals surface area contributed by atoms with Gasteiger partial charge in [-0.25, -0.2) is 8.42 Å². The van der Waals surface area contributed by atoms with E-state index in [1.54, 1.807) is 24.3 Å². The van der Waals surface area contributed by atoms with Crippen LogP contribution in [0.2, 0.25) is 0 Å². The molecule has 5 heteroatoms. The number of quaternary nitrogens is 1. The quantitative estimate of drug-likeness (QED) is 0.663. The smallest absolute Gasteiger partial charge is 0.183 e. The molecule has 0 fully saturated rings. The van der Waals surface area contributed by atoms with Gasteiger partial charge in [-0.3, -0.25) is 0 Å². The highest BCUT2D eigenvalue weighted by atomic mass is 79.9. The van der Waals surface area contributed by atoms with Gasteiger partial charge in [-0.05, 0) is 42.0 Å². The molecule has 0 aliphatic rings. The first-order valence-electron chi connectivity index (χ1n) is 8.27. The minimum Gasteiger partial charge on any atom is -0.339 e. The number of hydrogen-bond acceptors (Lipinski definition) is 2. The van der Waals surface area contributed by atoms with Crippen molar-refractivity contribution in [2.24, 2.45) is 0 Å². The average Bonchev–Trinajstić information content (AvgIpc) is 2.61. The van der Waals surface area contributed by atoms with Crippen LogP contribution in [0.5, 0.6) is 0 Å². The lowest BCUT2D eigenvalue weighted by Crippen LogP contribution is -2.85. The Hall–Kier alpha value is -1.69. The summed E-state index contributed by atoms with van der Waals surface area (Å²) in [5.74, 6) is 0.129. The van der Waals surface area contributed by atoms with E-state index in [9.17, 15) is 8.42 Å². The first-order valence-corrected chi connectivity index (χ1v) is 10.7. The van der Waals surface area contributed by atoms with Crippen LogP contribution in [0.15, 0.2) is 76.1 Å². The van der Waals surface area contributed by atoms with Crippen LogP contribution < -0.4 is 5.32 Å². The van der Waals surface area contributed by atoms with Crippen LogP contribution >= 0.6 is 15.9 Å². The van der Waals surface area contributed by atoms with E-state index in [2.05, 4.69) is 58.5 Å². The molecule has 0 aliphatic heterocycles. The third kappa shape index (κ3) is 4.29. The van der Waals surface area contributed by atoms with Gasteiger partial charge in [0.25, 0.3) is 0 Å². The highest BCUT2D eigenvalue weighted by Crippen LogP contribution is 2.22. The fourth-order valence-corrected chi connectivity index (χ4v) is 4.50. The highest BCUT2D eigenvalue weighted by molar-refractivity contribution is 9.10. The Morgan fingerprint density at radius 3 is 2.40 bits per heavy atom. The number of fused-ring (bicyclic) bond motifs is 1. The predicted molar refractivity (Wildman–Crippen MR) is 105 cm³/mol. The van der Waals surface area contributed by atoms with Crippen LogP contribution in [0.25, 0.3) is 10.8 Å². The molecule has 0 unspecified atom stereocenters. The first kappa shape index (κ1) is 18.1. The number of sulfone groups is 1. The molecule has 3 aromatic carbocycles. The summed E-state index contributed by atoms with van der Waals surface area (Å²) in [5, 5.41) is 4.53. The summed E-state index contributed by atoms with van der Waals surface area (Å²) < 4.78 is 25.8. The second kappa shape index (κ2) is 7.68. The SMILES string of the molecule is C[C@H]([NH2+]CCS(=O)(=O)c1ccc(Br)cc1)c1cccc2ccccc12. The molecule has 0 spiro atoms. The molecule has 25 heavy (non-hydrogen) atoms. The van der Waals surface area contributed by atoms with E-state index in [-0.39, 0.29) is 11.8 Å². The van der Waals surface area contributed by atoms with Gasteiger partial charge in [0.1, 0.15) is 11.8 Å². The van der Waals surface area contributed by atoms with Gasteiger partial charge in [0, 0.05) is 10.0 Å². The molecule has 0 aliphatic carbocycles. The van der Waals surface area contributed by atoms with Gasteiger partial charge in [0.05, 0.1) is 11.4 Å². The number of halogens is 1. The normalized spacial score (nSPS) is 13.0. The van der Waals surface area contributed by atoms with Crippen LogP contribution in [0.3, 0.4) is 0 Å². The molecule has 0 radical (unpaired) electrons. The molecule has 0 saturated heterocycles. The molecule has 0 saturated carbocycles. The van der Waals surface area contributed by atoms with Gasteiger partial charge in [-0.15, -0.1) is 0 Å². The van der Waals surface area contributed by atoms with Crippen LogP contribution in [0.1, 0.15) is 18.5 Å². The maximum Gasteiger partial charge on any atom is 0.183 e. The van der Waals surface area contributed by atoms with Crippen molar-refractivity contribution in [3.63, 3.8) is 0 Å². The van der Waals surface area contributed by atoms with Crippen LogP contribution in [-0.2, 0) is 9.84 Å². The Bertz CT molecular complexity index is 963. The van der Waals surface area contributed by atoms with Crippen molar-refractivity contribution < 1.29 is 13.7 Å². The molecule has 3 rings (SSSR count). The highest BCUT2D eigenvalue weighted by Gasteiger charge is 2.17. The van der Waals surface area contributed by atoms with E-state index in [1.807, 2.05) is 12.1 Å². The van der Waals surface area contributed by atoms with Gasteiger partial charge < -0.3 is 5.32 Å². The van der Waals surface area contributed by atoms with Crippen molar-refractivity contribution >= 4 is 36.5 Å². The third-order valence-electron chi connectivity index (χ3n) is 4.39. The van der Waals surface area contributed by atoms with Crippen LogP contribution in [-0.4, -0.2) is 20.7 Å². The van der Waals surface area contributed by atoms with Crippen molar-refractivity contribution in [2.45, 2.75) is 17.9 Å². The number of rotatable bonds is 6. The molecule has 3 nitrogen and oxygen atoms in total. The summed E-state index contributed by atoms with van der Waals surface area (Å²) >= 11 is 3.33. The van der Waals surface area contributed by atoms with Crippen molar-refractivity contribution in [1.82, 2.24) is 0 Å². The first-order chi connectivity index (χ1) is 12.0. The molecule has 3 aromatic rings. The summed E-state index contributed by atoms with van der Waals surface area (Å²) in [6, 6.07) is 21.6. The van der Waals surface area contributed by atoms with E-state index in [4.69, 9.17) is 0 Å². The van der Waals surface area contributed by atoms with Gasteiger partial charge in [-0.1, -0.05) is 58.4 Å². The fourth-order valence-electron chi connectivity index (χ4n) is 3.01. The minimum atomic E-state index is -3.25. The van der Waals surface area contributed by atoms with Gasteiger partial charge >= 0.3 is 0 Å². The topological polar surface area (TPSA) is 50.8 Å². The molecule has 0 aromatic heterocycles. The van der Waals surface area contributed by atoms with Gasteiger partial charge in [0.2, 0.25) is 0 Å². The van der Waals surface area contributed by atoms with Crippen molar-refractivity contribution in [2.75, 3.05) is 12.3 Å². The average molecular weight is 419 g/mol. The van der Waals surface area contributed by atoms with E-state index in [0.717, 1.165) is 4.47 Å². The van der Waals surface area contributed by atoms with Crippen molar-refractivity contribution in [3.05, 3.63) is 76.8 Å². The predicted octanol–water partition coefficient (Wildman–Crippen LogP) is 3.70. The van der Waals surface area contributed by atoms with E-state index in [0.29, 0.717) is 11.4 Å². The number of nitrogens with two attached hydrogens (primary N) is 1. The molecule has 0 amide bonds. The summed E-state index contributed by atoms with van der Waals surface area (Å²) in [4.78, 5) is 0.377. The maximum atomic E-state index is 12.4.